The molecule has 2 unspecified atom stereocenters. The van der Waals surface area contributed by atoms with Crippen molar-refractivity contribution in [3.63, 3.8) is 0 Å². The minimum atomic E-state index is -0.802. The van der Waals surface area contributed by atoms with E-state index in [1.54, 1.807) is 12.3 Å². The number of carbonyl (C=O) groups is 1. The molecule has 0 aliphatic heterocycles. The van der Waals surface area contributed by atoms with E-state index in [2.05, 4.69) is 20.1 Å². The maximum absolute atomic E-state index is 11.2. The highest BCUT2D eigenvalue weighted by molar-refractivity contribution is 5.71. The first kappa shape index (κ1) is 11.8. The van der Waals surface area contributed by atoms with E-state index in [0.29, 0.717) is 23.8 Å². The van der Waals surface area contributed by atoms with E-state index in [4.69, 9.17) is 9.63 Å². The van der Waals surface area contributed by atoms with Crippen molar-refractivity contribution >= 4 is 5.97 Å². The van der Waals surface area contributed by atoms with E-state index in [1.807, 2.05) is 0 Å². The summed E-state index contributed by atoms with van der Waals surface area (Å²) in [4.78, 5) is 23.3. The molecule has 3 rings (SSSR count). The first-order valence-corrected chi connectivity index (χ1v) is 6.08. The lowest BCUT2D eigenvalue weighted by Crippen LogP contribution is -2.17. The Balaban J connectivity index is 1.87. The van der Waals surface area contributed by atoms with Crippen LogP contribution in [0, 0.1) is 5.92 Å². The van der Waals surface area contributed by atoms with Gasteiger partial charge in [0.15, 0.2) is 0 Å². The summed E-state index contributed by atoms with van der Waals surface area (Å²) in [5.41, 5.74) is 0.565. The minimum Gasteiger partial charge on any atom is -0.481 e. The van der Waals surface area contributed by atoms with Crippen LogP contribution in [0.25, 0.3) is 11.5 Å². The summed E-state index contributed by atoms with van der Waals surface area (Å²) in [7, 11) is 0. The number of carboxylic acids is 1. The van der Waals surface area contributed by atoms with Gasteiger partial charge in [-0.2, -0.15) is 4.98 Å². The van der Waals surface area contributed by atoms with E-state index in [1.165, 1.54) is 6.33 Å². The molecule has 2 atom stereocenters. The van der Waals surface area contributed by atoms with Gasteiger partial charge in [-0.15, -0.1) is 0 Å². The van der Waals surface area contributed by atoms with Crippen molar-refractivity contribution in [2.45, 2.75) is 25.2 Å². The molecule has 2 heterocycles. The summed E-state index contributed by atoms with van der Waals surface area (Å²) in [6.45, 7) is 0. The van der Waals surface area contributed by atoms with Crippen molar-refractivity contribution in [3.05, 3.63) is 24.5 Å². The molecule has 0 amide bonds. The SMILES string of the molecule is O=C(O)C1CCCC1c1nc(-c2ccncn2)no1. The Morgan fingerprint density at radius 3 is 3.05 bits per heavy atom. The number of carboxylic acid groups (broad SMARTS) is 1. The number of hydrogen-bond donors (Lipinski definition) is 1. The Labute approximate surface area is 108 Å². The summed E-state index contributed by atoms with van der Waals surface area (Å²) in [6, 6.07) is 1.68. The molecule has 0 bridgehead atoms. The zero-order valence-electron chi connectivity index (χ0n) is 10.1. The number of rotatable bonds is 3. The first-order chi connectivity index (χ1) is 9.25. The van der Waals surface area contributed by atoms with E-state index in [9.17, 15) is 4.79 Å². The van der Waals surface area contributed by atoms with Gasteiger partial charge in [0, 0.05) is 6.20 Å². The van der Waals surface area contributed by atoms with Crippen LogP contribution in [0.5, 0.6) is 0 Å². The number of aromatic nitrogens is 4. The van der Waals surface area contributed by atoms with Gasteiger partial charge in [0.25, 0.3) is 0 Å². The molecule has 2 aromatic heterocycles. The Morgan fingerprint density at radius 1 is 1.42 bits per heavy atom. The van der Waals surface area contributed by atoms with Gasteiger partial charge in [0.2, 0.25) is 11.7 Å². The van der Waals surface area contributed by atoms with Crippen molar-refractivity contribution in [1.29, 1.82) is 0 Å². The van der Waals surface area contributed by atoms with Gasteiger partial charge in [0.1, 0.15) is 12.0 Å². The third kappa shape index (κ3) is 2.18. The maximum Gasteiger partial charge on any atom is 0.307 e. The molecule has 1 N–H and O–H groups in total. The van der Waals surface area contributed by atoms with Crippen LogP contribution in [-0.2, 0) is 4.79 Å². The molecule has 7 heteroatoms. The van der Waals surface area contributed by atoms with Gasteiger partial charge in [-0.3, -0.25) is 4.79 Å². The standard InChI is InChI=1S/C12H12N4O3/c17-12(18)8-3-1-2-7(8)11-15-10(16-19-11)9-4-5-13-6-14-9/h4-8H,1-3H2,(H,17,18). The highest BCUT2D eigenvalue weighted by atomic mass is 16.5. The van der Waals surface area contributed by atoms with E-state index >= 15 is 0 Å². The Bertz CT molecular complexity index is 584. The molecule has 1 fully saturated rings. The van der Waals surface area contributed by atoms with Gasteiger partial charge >= 0.3 is 5.97 Å². The summed E-state index contributed by atoms with van der Waals surface area (Å²) >= 11 is 0. The molecule has 0 radical (unpaired) electrons. The third-order valence-electron chi connectivity index (χ3n) is 3.40. The van der Waals surface area contributed by atoms with Crippen molar-refractivity contribution < 1.29 is 14.4 Å². The Hall–Kier alpha value is -2.31. The van der Waals surface area contributed by atoms with Gasteiger partial charge in [-0.25, -0.2) is 9.97 Å². The van der Waals surface area contributed by atoms with Crippen molar-refractivity contribution in [2.24, 2.45) is 5.92 Å². The zero-order chi connectivity index (χ0) is 13.2. The number of aliphatic carboxylic acids is 1. The van der Waals surface area contributed by atoms with E-state index in [-0.39, 0.29) is 5.92 Å². The zero-order valence-corrected chi connectivity index (χ0v) is 10.1. The summed E-state index contributed by atoms with van der Waals surface area (Å²) in [5.74, 6) is -0.671. The van der Waals surface area contributed by atoms with Gasteiger partial charge in [-0.1, -0.05) is 11.6 Å². The molecule has 1 aliphatic rings. The van der Waals surface area contributed by atoms with Crippen LogP contribution >= 0.6 is 0 Å². The fourth-order valence-corrected chi connectivity index (χ4v) is 2.46. The molecule has 0 saturated heterocycles. The molecule has 1 aliphatic carbocycles. The highest BCUT2D eigenvalue weighted by Gasteiger charge is 2.37. The quantitative estimate of drug-likeness (QED) is 0.891. The van der Waals surface area contributed by atoms with Crippen LogP contribution in [0.2, 0.25) is 0 Å². The highest BCUT2D eigenvalue weighted by Crippen LogP contribution is 2.39. The average Bonchev–Trinajstić information content (AvgIpc) is 3.08. The van der Waals surface area contributed by atoms with Gasteiger partial charge < -0.3 is 9.63 Å². The van der Waals surface area contributed by atoms with Crippen molar-refractivity contribution in [2.75, 3.05) is 0 Å². The van der Waals surface area contributed by atoms with Gasteiger partial charge in [0.05, 0.1) is 11.8 Å². The average molecular weight is 260 g/mol. The third-order valence-corrected chi connectivity index (χ3v) is 3.40. The lowest BCUT2D eigenvalue weighted by molar-refractivity contribution is -0.142. The lowest BCUT2D eigenvalue weighted by atomic mass is 9.96. The van der Waals surface area contributed by atoms with Gasteiger partial charge in [-0.05, 0) is 18.9 Å². The van der Waals surface area contributed by atoms with Crippen LogP contribution in [0.3, 0.4) is 0 Å². The second kappa shape index (κ2) is 4.75. The van der Waals surface area contributed by atoms with E-state index in [0.717, 1.165) is 12.8 Å². The molecular formula is C12H12N4O3. The lowest BCUT2D eigenvalue weighted by Gasteiger charge is -2.09. The summed E-state index contributed by atoms with van der Waals surface area (Å²) in [6.07, 6.45) is 5.29. The fourth-order valence-electron chi connectivity index (χ4n) is 2.46. The monoisotopic (exact) mass is 260 g/mol. The Morgan fingerprint density at radius 2 is 2.32 bits per heavy atom. The smallest absolute Gasteiger partial charge is 0.307 e. The summed E-state index contributed by atoms with van der Waals surface area (Å²) < 4.78 is 5.20. The Kier molecular flexibility index (Phi) is 2.94. The fraction of sp³-hybridized carbons (Fsp3) is 0.417. The number of nitrogens with zero attached hydrogens (tertiary/aromatic N) is 4. The van der Waals surface area contributed by atoms with Crippen molar-refractivity contribution in [3.8, 4) is 11.5 Å². The van der Waals surface area contributed by atoms with Crippen molar-refractivity contribution in [1.82, 2.24) is 20.1 Å². The predicted octanol–water partition coefficient (Wildman–Crippen LogP) is 1.49. The second-order valence-corrected chi connectivity index (χ2v) is 4.53. The molecule has 2 aromatic rings. The molecule has 98 valence electrons. The minimum absolute atomic E-state index is 0.194. The predicted molar refractivity (Wildman–Crippen MR) is 63.0 cm³/mol. The van der Waals surface area contributed by atoms with Crippen LogP contribution in [0.4, 0.5) is 0 Å². The molecular weight excluding hydrogens is 248 g/mol. The summed E-state index contributed by atoms with van der Waals surface area (Å²) in [5, 5.41) is 13.0. The topological polar surface area (TPSA) is 102 Å². The largest absolute Gasteiger partial charge is 0.481 e. The molecule has 1 saturated carbocycles. The van der Waals surface area contributed by atoms with Crippen LogP contribution in [0.15, 0.2) is 23.1 Å². The first-order valence-electron chi connectivity index (χ1n) is 6.08. The molecule has 0 spiro atoms. The number of hydrogen-bond acceptors (Lipinski definition) is 6. The molecule has 7 nitrogen and oxygen atoms in total. The molecule has 0 aromatic carbocycles. The molecule has 19 heavy (non-hydrogen) atoms. The second-order valence-electron chi connectivity index (χ2n) is 4.53. The van der Waals surface area contributed by atoms with Crippen LogP contribution in [0.1, 0.15) is 31.1 Å². The van der Waals surface area contributed by atoms with Crippen LogP contribution < -0.4 is 0 Å². The normalized spacial score (nSPS) is 22.5. The maximum atomic E-state index is 11.2. The van der Waals surface area contributed by atoms with Crippen LogP contribution in [-0.4, -0.2) is 31.2 Å². The van der Waals surface area contributed by atoms with E-state index < -0.39 is 11.9 Å².